The molecule has 0 aliphatic carbocycles. The lowest BCUT2D eigenvalue weighted by Gasteiger charge is -2.10. The second-order valence-corrected chi connectivity index (χ2v) is 5.43. The first kappa shape index (κ1) is 16.5. The number of methoxy groups -OCH3 is 1. The predicted molar refractivity (Wildman–Crippen MR) is 90.3 cm³/mol. The third kappa shape index (κ3) is 3.87. The maximum absolute atomic E-state index is 12.6. The van der Waals surface area contributed by atoms with E-state index in [1.807, 2.05) is 0 Å². The van der Waals surface area contributed by atoms with Crippen molar-refractivity contribution in [3.05, 3.63) is 58.6 Å². The molecule has 1 N–H and O–H groups in total. The quantitative estimate of drug-likeness (QED) is 0.630. The highest BCUT2D eigenvalue weighted by Gasteiger charge is 2.16. The zero-order chi connectivity index (χ0) is 16.1. The van der Waals surface area contributed by atoms with Gasteiger partial charge in [0.1, 0.15) is 5.75 Å². The Morgan fingerprint density at radius 2 is 1.86 bits per heavy atom. The molecule has 2 aromatic rings. The molecule has 0 unspecified atom stereocenters. The van der Waals surface area contributed by atoms with E-state index < -0.39 is 0 Å². The molecule has 0 saturated heterocycles. The van der Waals surface area contributed by atoms with E-state index in [0.29, 0.717) is 27.6 Å². The maximum atomic E-state index is 12.6. The number of carbonyl (C=O) groups is 2. The van der Waals surface area contributed by atoms with E-state index in [1.54, 1.807) is 43.5 Å². The molecule has 0 heterocycles. The number of nitrogens with one attached hydrogen (secondary N) is 1. The van der Waals surface area contributed by atoms with Crippen LogP contribution in [0.3, 0.4) is 0 Å². The lowest BCUT2D eigenvalue weighted by molar-refractivity contribution is -0.113. The second-order valence-electron chi connectivity index (χ2n) is 4.43. The Morgan fingerprint density at radius 3 is 2.45 bits per heavy atom. The number of anilines is 1. The third-order valence-corrected chi connectivity index (χ3v) is 3.72. The van der Waals surface area contributed by atoms with Crippen molar-refractivity contribution >= 4 is 44.9 Å². The fourth-order valence-corrected chi connectivity index (χ4v) is 2.21. The lowest BCUT2D eigenvalue weighted by atomic mass is 10.0. The molecule has 114 valence electrons. The summed E-state index contributed by atoms with van der Waals surface area (Å²) in [5.74, 6) is 0.191. The van der Waals surface area contributed by atoms with Crippen molar-refractivity contribution in [2.45, 2.75) is 0 Å². The number of ether oxygens (including phenoxy) is 1. The van der Waals surface area contributed by atoms with Crippen molar-refractivity contribution < 1.29 is 14.3 Å². The first-order chi connectivity index (χ1) is 10.5. The van der Waals surface area contributed by atoms with Gasteiger partial charge in [0.25, 0.3) is 0 Å². The normalized spacial score (nSPS) is 10.1. The number of benzene rings is 2. The summed E-state index contributed by atoms with van der Waals surface area (Å²) >= 11 is 9.04. The molecule has 0 bridgehead atoms. The smallest absolute Gasteiger partial charge is 0.235 e. The number of alkyl halides is 1. The fourth-order valence-electron chi connectivity index (χ4n) is 1.89. The number of hydrogen-bond donors (Lipinski definition) is 1. The second kappa shape index (κ2) is 7.42. The van der Waals surface area contributed by atoms with Gasteiger partial charge in [-0.2, -0.15) is 0 Å². The van der Waals surface area contributed by atoms with Crippen LogP contribution < -0.4 is 10.1 Å². The van der Waals surface area contributed by atoms with Crippen molar-refractivity contribution in [1.29, 1.82) is 0 Å². The van der Waals surface area contributed by atoms with Gasteiger partial charge >= 0.3 is 0 Å². The number of hydrogen-bond acceptors (Lipinski definition) is 3. The molecule has 0 aliphatic heterocycles. The Bertz CT molecular complexity index is 701. The van der Waals surface area contributed by atoms with E-state index >= 15 is 0 Å². The minimum absolute atomic E-state index is 0.145. The fraction of sp³-hybridized carbons (Fsp3) is 0.125. The highest BCUT2D eigenvalue weighted by atomic mass is 79.9. The average molecular weight is 383 g/mol. The number of ketones is 1. The maximum Gasteiger partial charge on any atom is 0.235 e. The standard InChI is InChI=1S/C16H13BrClNO3/c1-22-12-5-2-10(3-6-12)16(21)13-8-11(18)4-7-14(13)19-15(20)9-17/h2-8H,9H2,1H3,(H,19,20). The summed E-state index contributed by atoms with van der Waals surface area (Å²) in [7, 11) is 1.56. The lowest BCUT2D eigenvalue weighted by Crippen LogP contribution is -2.15. The molecule has 6 heteroatoms. The van der Waals surface area contributed by atoms with Crippen molar-refractivity contribution in [2.24, 2.45) is 0 Å². The van der Waals surface area contributed by atoms with E-state index in [4.69, 9.17) is 16.3 Å². The first-order valence-electron chi connectivity index (χ1n) is 6.39. The van der Waals surface area contributed by atoms with Crippen molar-refractivity contribution in [2.75, 3.05) is 17.8 Å². The summed E-state index contributed by atoms with van der Waals surface area (Å²) in [6.45, 7) is 0. The van der Waals surface area contributed by atoms with E-state index in [1.165, 1.54) is 6.07 Å². The Balaban J connectivity index is 2.38. The van der Waals surface area contributed by atoms with Gasteiger partial charge in [-0.15, -0.1) is 0 Å². The number of amides is 1. The third-order valence-electron chi connectivity index (χ3n) is 2.97. The summed E-state index contributed by atoms with van der Waals surface area (Å²) < 4.78 is 5.07. The van der Waals surface area contributed by atoms with Crippen LogP contribution in [0.15, 0.2) is 42.5 Å². The highest BCUT2D eigenvalue weighted by Crippen LogP contribution is 2.24. The molecule has 0 fully saturated rings. The molecule has 0 aliphatic rings. The largest absolute Gasteiger partial charge is 0.497 e. The summed E-state index contributed by atoms with van der Waals surface area (Å²) in [4.78, 5) is 24.2. The summed E-state index contributed by atoms with van der Waals surface area (Å²) in [5.41, 5.74) is 1.25. The van der Waals surface area contributed by atoms with Gasteiger partial charge in [0.15, 0.2) is 5.78 Å². The molecule has 0 aromatic heterocycles. The van der Waals surface area contributed by atoms with Crippen LogP contribution in [-0.2, 0) is 4.79 Å². The first-order valence-corrected chi connectivity index (χ1v) is 7.89. The topological polar surface area (TPSA) is 55.4 Å². The SMILES string of the molecule is COc1ccc(C(=O)c2cc(Cl)ccc2NC(=O)CBr)cc1. The van der Waals surface area contributed by atoms with E-state index in [0.717, 1.165) is 0 Å². The zero-order valence-electron chi connectivity index (χ0n) is 11.7. The minimum atomic E-state index is -0.244. The minimum Gasteiger partial charge on any atom is -0.497 e. The van der Waals surface area contributed by atoms with E-state index in [2.05, 4.69) is 21.2 Å². The molecule has 0 spiro atoms. The van der Waals surface area contributed by atoms with Crippen molar-refractivity contribution in [3.63, 3.8) is 0 Å². The molecule has 2 rings (SSSR count). The van der Waals surface area contributed by atoms with Crippen LogP contribution in [-0.4, -0.2) is 24.1 Å². The van der Waals surface area contributed by atoms with E-state index in [9.17, 15) is 9.59 Å². The van der Waals surface area contributed by atoms with Crippen LogP contribution in [0.1, 0.15) is 15.9 Å². The Kier molecular flexibility index (Phi) is 5.57. The Hall–Kier alpha value is -1.85. The van der Waals surface area contributed by atoms with Crippen LogP contribution in [0, 0.1) is 0 Å². The Labute approximate surface area is 141 Å². The van der Waals surface area contributed by atoms with Crippen LogP contribution in [0.25, 0.3) is 0 Å². The average Bonchev–Trinajstić information content (AvgIpc) is 2.55. The molecule has 0 radical (unpaired) electrons. The van der Waals surface area contributed by atoms with Gasteiger partial charge in [-0.25, -0.2) is 0 Å². The summed E-state index contributed by atoms with van der Waals surface area (Å²) in [6, 6.07) is 11.5. The number of rotatable bonds is 5. The highest BCUT2D eigenvalue weighted by molar-refractivity contribution is 9.09. The van der Waals surface area contributed by atoms with Crippen molar-refractivity contribution in [3.8, 4) is 5.75 Å². The summed E-state index contributed by atoms with van der Waals surface area (Å²) in [6.07, 6.45) is 0. The molecular weight excluding hydrogens is 370 g/mol. The van der Waals surface area contributed by atoms with Gasteiger partial charge in [-0.1, -0.05) is 27.5 Å². The summed E-state index contributed by atoms with van der Waals surface area (Å²) in [5, 5.41) is 3.24. The van der Waals surface area contributed by atoms with Crippen LogP contribution in [0.4, 0.5) is 5.69 Å². The Morgan fingerprint density at radius 1 is 1.18 bits per heavy atom. The van der Waals surface area contributed by atoms with Crippen LogP contribution >= 0.6 is 27.5 Å². The van der Waals surface area contributed by atoms with E-state index in [-0.39, 0.29) is 17.0 Å². The number of halogens is 2. The number of carbonyl (C=O) groups excluding carboxylic acids is 2. The molecule has 4 nitrogen and oxygen atoms in total. The van der Waals surface area contributed by atoms with Gasteiger partial charge in [-0.05, 0) is 42.5 Å². The van der Waals surface area contributed by atoms with Gasteiger partial charge < -0.3 is 10.1 Å². The molecule has 0 saturated carbocycles. The van der Waals surface area contributed by atoms with Gasteiger partial charge in [0.05, 0.1) is 18.1 Å². The molecule has 2 aromatic carbocycles. The van der Waals surface area contributed by atoms with Gasteiger partial charge in [-0.3, -0.25) is 9.59 Å². The van der Waals surface area contributed by atoms with Crippen molar-refractivity contribution in [1.82, 2.24) is 0 Å². The van der Waals surface area contributed by atoms with Gasteiger partial charge in [0, 0.05) is 16.1 Å². The molecule has 0 atom stereocenters. The molecular formula is C16H13BrClNO3. The predicted octanol–water partition coefficient (Wildman–Crippen LogP) is 3.91. The van der Waals surface area contributed by atoms with Crippen LogP contribution in [0.5, 0.6) is 5.75 Å². The molecule has 22 heavy (non-hydrogen) atoms. The van der Waals surface area contributed by atoms with Gasteiger partial charge in [0.2, 0.25) is 5.91 Å². The van der Waals surface area contributed by atoms with Crippen LogP contribution in [0.2, 0.25) is 5.02 Å². The molecule has 1 amide bonds. The monoisotopic (exact) mass is 381 g/mol. The zero-order valence-corrected chi connectivity index (χ0v) is 14.1.